The number of hydrogen-bond donors (Lipinski definition) is 4. The molecule has 0 spiro atoms. The van der Waals surface area contributed by atoms with Crippen molar-refractivity contribution >= 4 is 37.1 Å². The van der Waals surface area contributed by atoms with E-state index in [9.17, 15) is 20.4 Å². The van der Waals surface area contributed by atoms with E-state index in [4.69, 9.17) is 0 Å². The molecule has 31 heavy (non-hydrogen) atoms. The first-order valence-corrected chi connectivity index (χ1v) is 12.8. The van der Waals surface area contributed by atoms with Gasteiger partial charge in [-0.05, 0) is 85.6 Å². The third kappa shape index (κ3) is 5.17. The molecule has 4 nitrogen and oxygen atoms in total. The number of phenolic OH excluding ortho intramolecular Hbond substituents is 4. The van der Waals surface area contributed by atoms with Crippen LogP contribution in [-0.2, 0) is 0 Å². The van der Waals surface area contributed by atoms with Crippen LogP contribution in [0.15, 0.2) is 97.1 Å². The molecule has 0 aliphatic heterocycles. The van der Waals surface area contributed by atoms with Gasteiger partial charge in [0.05, 0.1) is 0 Å². The molecule has 0 atom stereocenters. The summed E-state index contributed by atoms with van der Waals surface area (Å²) in [6, 6.07) is 29.3. The van der Waals surface area contributed by atoms with Gasteiger partial charge < -0.3 is 20.4 Å². The van der Waals surface area contributed by atoms with Crippen LogP contribution in [0.5, 0.6) is 23.0 Å². The summed E-state index contributed by atoms with van der Waals surface area (Å²) in [5.41, 5.74) is 0. The number of benzene rings is 4. The van der Waals surface area contributed by atoms with Crippen LogP contribution in [0.1, 0.15) is 0 Å². The van der Waals surface area contributed by atoms with E-state index in [2.05, 4.69) is 0 Å². The Hall–Kier alpha value is -3.06. The maximum atomic E-state index is 9.77. The lowest BCUT2D eigenvalue weighted by Gasteiger charge is -2.26. The lowest BCUT2D eigenvalue weighted by atomic mass is 10.3. The molecule has 4 N–H and O–H groups in total. The highest BCUT2D eigenvalue weighted by atomic mass is 31.2. The van der Waals surface area contributed by atoms with E-state index in [1.165, 1.54) is 0 Å². The van der Waals surface area contributed by atoms with E-state index in [1.807, 2.05) is 48.5 Å². The molecule has 0 heterocycles. The molecular weight excluding hydrogens is 426 g/mol. The summed E-state index contributed by atoms with van der Waals surface area (Å²) < 4.78 is 0. The van der Waals surface area contributed by atoms with Crippen LogP contribution in [-0.4, -0.2) is 26.3 Å². The summed E-state index contributed by atoms with van der Waals surface area (Å²) in [6.07, 6.45) is 0. The molecule has 0 aliphatic carbocycles. The van der Waals surface area contributed by atoms with Gasteiger partial charge in [-0.2, -0.15) is 0 Å². The molecule has 4 aromatic carbocycles. The summed E-state index contributed by atoms with van der Waals surface area (Å²) in [6.45, 7) is 0. The normalized spacial score (nSPS) is 11.2. The summed E-state index contributed by atoms with van der Waals surface area (Å²) in [5, 5.41) is 43.6. The van der Waals surface area contributed by atoms with Gasteiger partial charge in [0, 0.05) is 5.90 Å². The topological polar surface area (TPSA) is 80.9 Å². The van der Waals surface area contributed by atoms with E-state index in [1.54, 1.807) is 48.5 Å². The zero-order valence-electron chi connectivity index (χ0n) is 16.6. The Morgan fingerprint density at radius 1 is 0.355 bits per heavy atom. The second kappa shape index (κ2) is 9.39. The molecule has 0 bridgehead atoms. The minimum Gasteiger partial charge on any atom is -0.508 e. The Kier molecular flexibility index (Phi) is 6.42. The van der Waals surface area contributed by atoms with Gasteiger partial charge in [0.25, 0.3) is 0 Å². The SMILES string of the molecule is Oc1ccc(P(CP(c2ccc(O)cc2)c2ccc(O)cc2)c2ccc(O)cc2)cc1. The lowest BCUT2D eigenvalue weighted by Crippen LogP contribution is -2.19. The molecule has 0 aliphatic rings. The van der Waals surface area contributed by atoms with Crippen LogP contribution in [0.3, 0.4) is 0 Å². The predicted octanol–water partition coefficient (Wildman–Crippen LogP) is 4.03. The molecule has 0 radical (unpaired) electrons. The van der Waals surface area contributed by atoms with Crippen molar-refractivity contribution in [2.75, 3.05) is 5.90 Å². The van der Waals surface area contributed by atoms with Gasteiger partial charge in [0.15, 0.2) is 0 Å². The van der Waals surface area contributed by atoms with E-state index in [0.717, 1.165) is 27.1 Å². The first-order chi connectivity index (χ1) is 15.0. The van der Waals surface area contributed by atoms with Gasteiger partial charge in [-0.3, -0.25) is 0 Å². The molecule has 156 valence electrons. The monoisotopic (exact) mass is 448 g/mol. The number of hydrogen-bond acceptors (Lipinski definition) is 4. The molecular formula is C25H22O4P2. The Bertz CT molecular complexity index is 942. The Morgan fingerprint density at radius 2 is 0.548 bits per heavy atom. The maximum absolute atomic E-state index is 9.77. The fourth-order valence-electron chi connectivity index (χ4n) is 3.30. The van der Waals surface area contributed by atoms with Crippen LogP contribution in [0.25, 0.3) is 0 Å². The largest absolute Gasteiger partial charge is 0.508 e. The molecule has 0 saturated heterocycles. The van der Waals surface area contributed by atoms with Crippen LogP contribution >= 0.6 is 15.8 Å². The Labute approximate surface area is 183 Å². The van der Waals surface area contributed by atoms with Crippen molar-refractivity contribution in [2.24, 2.45) is 0 Å². The fourth-order valence-corrected chi connectivity index (χ4v) is 9.67. The molecule has 0 fully saturated rings. The number of aromatic hydroxyl groups is 4. The third-order valence-electron chi connectivity index (χ3n) is 4.93. The minimum atomic E-state index is -0.796. The summed E-state index contributed by atoms with van der Waals surface area (Å²) >= 11 is 0. The molecule has 0 amide bonds. The maximum Gasteiger partial charge on any atom is 0.115 e. The molecule has 0 aromatic heterocycles. The van der Waals surface area contributed by atoms with E-state index in [-0.39, 0.29) is 23.0 Å². The minimum absolute atomic E-state index is 0.226. The number of phenols is 4. The number of rotatable bonds is 6. The average Bonchev–Trinajstić information content (AvgIpc) is 2.78. The Balaban J connectivity index is 1.79. The van der Waals surface area contributed by atoms with Crippen LogP contribution in [0.4, 0.5) is 0 Å². The molecule has 0 unspecified atom stereocenters. The highest BCUT2D eigenvalue weighted by Gasteiger charge is 2.23. The average molecular weight is 448 g/mol. The van der Waals surface area contributed by atoms with Gasteiger partial charge in [-0.1, -0.05) is 48.5 Å². The summed E-state index contributed by atoms with van der Waals surface area (Å²) in [4.78, 5) is 0. The van der Waals surface area contributed by atoms with Gasteiger partial charge >= 0.3 is 0 Å². The molecule has 6 heteroatoms. The van der Waals surface area contributed by atoms with E-state index in [0.29, 0.717) is 0 Å². The molecule has 4 aromatic rings. The van der Waals surface area contributed by atoms with Gasteiger partial charge in [-0.15, -0.1) is 0 Å². The second-order valence-corrected chi connectivity index (χ2v) is 12.0. The fraction of sp³-hybridized carbons (Fsp3) is 0.0400. The Morgan fingerprint density at radius 3 is 0.742 bits per heavy atom. The first kappa shape index (κ1) is 21.2. The molecule has 0 saturated carbocycles. The summed E-state index contributed by atoms with van der Waals surface area (Å²) in [5.74, 6) is 1.75. The lowest BCUT2D eigenvalue weighted by molar-refractivity contribution is 0.475. The van der Waals surface area contributed by atoms with Gasteiger partial charge in [0.1, 0.15) is 23.0 Å². The van der Waals surface area contributed by atoms with Crippen LogP contribution in [0.2, 0.25) is 0 Å². The van der Waals surface area contributed by atoms with Crippen molar-refractivity contribution in [3.8, 4) is 23.0 Å². The van der Waals surface area contributed by atoms with Crippen LogP contribution < -0.4 is 21.2 Å². The van der Waals surface area contributed by atoms with Crippen molar-refractivity contribution in [3.63, 3.8) is 0 Å². The molecule has 4 rings (SSSR count). The van der Waals surface area contributed by atoms with Crippen molar-refractivity contribution < 1.29 is 20.4 Å². The third-order valence-corrected chi connectivity index (χ3v) is 10.9. The summed E-state index contributed by atoms with van der Waals surface area (Å²) in [7, 11) is -1.59. The van der Waals surface area contributed by atoms with E-state index >= 15 is 0 Å². The van der Waals surface area contributed by atoms with Crippen molar-refractivity contribution in [1.29, 1.82) is 0 Å². The zero-order valence-corrected chi connectivity index (χ0v) is 18.4. The smallest absolute Gasteiger partial charge is 0.115 e. The highest BCUT2D eigenvalue weighted by Crippen LogP contribution is 2.49. The van der Waals surface area contributed by atoms with E-state index < -0.39 is 15.8 Å². The van der Waals surface area contributed by atoms with Gasteiger partial charge in [0.2, 0.25) is 0 Å². The highest BCUT2D eigenvalue weighted by molar-refractivity contribution is 7.88. The zero-order chi connectivity index (χ0) is 21.8. The van der Waals surface area contributed by atoms with Crippen LogP contribution in [0, 0.1) is 0 Å². The van der Waals surface area contributed by atoms with Crippen molar-refractivity contribution in [1.82, 2.24) is 0 Å². The van der Waals surface area contributed by atoms with Crippen molar-refractivity contribution in [3.05, 3.63) is 97.1 Å². The first-order valence-electron chi connectivity index (χ1n) is 9.71. The predicted molar refractivity (Wildman–Crippen MR) is 130 cm³/mol. The standard InChI is InChI=1S/C25H22O4P2/c26-18-1-9-22(10-2-18)30(23-11-3-19(27)4-12-23)17-31(24-13-5-20(28)6-14-24)25-15-7-21(29)8-16-25/h1-16,26-29H,17H2. The second-order valence-electron chi connectivity index (χ2n) is 7.06. The quantitative estimate of drug-likeness (QED) is 0.336. The van der Waals surface area contributed by atoms with Gasteiger partial charge in [-0.25, -0.2) is 0 Å². The van der Waals surface area contributed by atoms with Crippen molar-refractivity contribution in [2.45, 2.75) is 0 Å².